The third-order valence-corrected chi connectivity index (χ3v) is 6.32. The van der Waals surface area contributed by atoms with Gasteiger partial charge in [-0.1, -0.05) is 43.0 Å². The average Bonchev–Trinajstić information content (AvgIpc) is 2.84. The molecule has 1 amide bonds. The van der Waals surface area contributed by atoms with E-state index >= 15 is 0 Å². The largest absolute Gasteiger partial charge is 0.477 e. The predicted molar refractivity (Wildman–Crippen MR) is 97.2 cm³/mol. The van der Waals surface area contributed by atoms with Crippen molar-refractivity contribution < 1.29 is 19.8 Å². The molecular formula is C19H18N2O4S. The van der Waals surface area contributed by atoms with Crippen LogP contribution in [0.1, 0.15) is 13.8 Å². The molecule has 0 radical (unpaired) electrons. The van der Waals surface area contributed by atoms with Crippen molar-refractivity contribution in [2.45, 2.75) is 31.0 Å². The zero-order valence-corrected chi connectivity index (χ0v) is 15.1. The zero-order chi connectivity index (χ0) is 18.6. The van der Waals surface area contributed by atoms with Gasteiger partial charge in [0.2, 0.25) is 5.91 Å². The molecule has 1 saturated heterocycles. The maximum Gasteiger partial charge on any atom is 0.353 e. The molecule has 1 aromatic carbocycles. The van der Waals surface area contributed by atoms with Crippen LogP contribution in [0.25, 0.3) is 10.9 Å². The molecule has 26 heavy (non-hydrogen) atoms. The van der Waals surface area contributed by atoms with Gasteiger partial charge in [-0.15, -0.1) is 0 Å². The summed E-state index contributed by atoms with van der Waals surface area (Å²) in [6, 6.07) is 11.2. The molecule has 4 atom stereocenters. The molecular weight excluding hydrogens is 352 g/mol. The van der Waals surface area contributed by atoms with Crippen LogP contribution in [0.5, 0.6) is 0 Å². The number of aromatic nitrogens is 1. The van der Waals surface area contributed by atoms with Crippen LogP contribution < -0.4 is 0 Å². The smallest absolute Gasteiger partial charge is 0.353 e. The Bertz CT molecular complexity index is 955. The van der Waals surface area contributed by atoms with Crippen LogP contribution >= 0.6 is 11.8 Å². The van der Waals surface area contributed by atoms with Gasteiger partial charge in [0.1, 0.15) is 10.7 Å². The molecule has 6 nitrogen and oxygen atoms in total. The molecule has 2 aromatic rings. The molecule has 2 N–H and O–H groups in total. The number of hydrogen-bond acceptors (Lipinski definition) is 5. The highest BCUT2D eigenvalue weighted by molar-refractivity contribution is 8.03. The first-order valence-electron chi connectivity index (χ1n) is 8.42. The van der Waals surface area contributed by atoms with Gasteiger partial charge in [0, 0.05) is 16.2 Å². The van der Waals surface area contributed by atoms with Gasteiger partial charge in [-0.2, -0.15) is 0 Å². The van der Waals surface area contributed by atoms with Crippen molar-refractivity contribution in [2.24, 2.45) is 11.8 Å². The van der Waals surface area contributed by atoms with E-state index in [1.807, 2.05) is 43.3 Å². The number of nitrogens with zero attached hydrogens (tertiary/aromatic N) is 2. The summed E-state index contributed by atoms with van der Waals surface area (Å²) in [5, 5.41) is 21.3. The van der Waals surface area contributed by atoms with Crippen LogP contribution in [-0.4, -0.2) is 44.1 Å². The van der Waals surface area contributed by atoms with Crippen LogP contribution in [0.3, 0.4) is 0 Å². The van der Waals surface area contributed by atoms with Crippen LogP contribution in [0.15, 0.2) is 52.0 Å². The molecule has 134 valence electrons. The number of hydrogen-bond donors (Lipinski definition) is 2. The molecule has 0 bridgehead atoms. The van der Waals surface area contributed by atoms with Gasteiger partial charge in [-0.05, 0) is 19.1 Å². The summed E-state index contributed by atoms with van der Waals surface area (Å²) >= 11 is 1.29. The van der Waals surface area contributed by atoms with Gasteiger partial charge >= 0.3 is 5.97 Å². The summed E-state index contributed by atoms with van der Waals surface area (Å²) < 4.78 is 0. The Hall–Kier alpha value is -2.38. The maximum atomic E-state index is 12.4. The number of thioether (sulfide) groups is 1. The second-order valence-electron chi connectivity index (χ2n) is 6.72. The number of rotatable bonds is 4. The Morgan fingerprint density at radius 2 is 2.00 bits per heavy atom. The van der Waals surface area contributed by atoms with E-state index < -0.39 is 18.0 Å². The quantitative estimate of drug-likeness (QED) is 0.804. The van der Waals surface area contributed by atoms with E-state index in [9.17, 15) is 19.8 Å². The number of carboxylic acids is 1. The fraction of sp³-hybridized carbons (Fsp3) is 0.316. The van der Waals surface area contributed by atoms with Crippen molar-refractivity contribution in [2.75, 3.05) is 0 Å². The Morgan fingerprint density at radius 1 is 1.27 bits per heavy atom. The molecule has 2 aliphatic heterocycles. The fourth-order valence-corrected chi connectivity index (χ4v) is 4.99. The maximum absolute atomic E-state index is 12.4. The molecule has 1 aromatic heterocycles. The van der Waals surface area contributed by atoms with Crippen LogP contribution in [0, 0.1) is 11.8 Å². The lowest BCUT2D eigenvalue weighted by Gasteiger charge is -2.46. The molecule has 0 saturated carbocycles. The standard InChI is InChI=1S/C19H18N2O4S/c1-9-15-14(10(2)22)18(23)21(15)16(19(24)25)17(9)26-13-8-7-11-5-3-4-6-12(11)20-13/h3-10,14-15,22H,1-2H3,(H,24,25)/t9-,10-,14-,15-/m1/s1. The fourth-order valence-electron chi connectivity index (χ4n) is 3.87. The number of aliphatic carboxylic acids is 1. The van der Waals surface area contributed by atoms with Gasteiger partial charge in [-0.25, -0.2) is 9.78 Å². The Morgan fingerprint density at radius 3 is 2.69 bits per heavy atom. The number of carbonyl (C=O) groups is 2. The van der Waals surface area contributed by atoms with Gasteiger partial charge in [-0.3, -0.25) is 4.79 Å². The number of carbonyl (C=O) groups excluding carboxylic acids is 1. The van der Waals surface area contributed by atoms with Gasteiger partial charge in [0.15, 0.2) is 0 Å². The lowest BCUT2D eigenvalue weighted by Crippen LogP contribution is -2.63. The van der Waals surface area contributed by atoms with Crippen molar-refractivity contribution in [1.29, 1.82) is 0 Å². The van der Waals surface area contributed by atoms with Gasteiger partial charge < -0.3 is 15.1 Å². The van der Waals surface area contributed by atoms with Crippen LogP contribution in [-0.2, 0) is 9.59 Å². The third-order valence-electron chi connectivity index (χ3n) is 5.10. The number of para-hydroxylation sites is 1. The van der Waals surface area contributed by atoms with Crippen LogP contribution in [0.4, 0.5) is 0 Å². The summed E-state index contributed by atoms with van der Waals surface area (Å²) in [6.45, 7) is 3.47. The number of benzene rings is 1. The minimum atomic E-state index is -1.12. The number of aliphatic hydroxyl groups excluding tert-OH is 1. The lowest BCUT2D eigenvalue weighted by molar-refractivity contribution is -0.163. The number of pyridine rings is 1. The number of amides is 1. The topological polar surface area (TPSA) is 90.7 Å². The summed E-state index contributed by atoms with van der Waals surface area (Å²) in [6.07, 6.45) is -0.801. The Kier molecular flexibility index (Phi) is 4.00. The summed E-state index contributed by atoms with van der Waals surface area (Å²) in [4.78, 5) is 30.7. The molecule has 4 rings (SSSR count). The highest BCUT2D eigenvalue weighted by atomic mass is 32.2. The van der Waals surface area contributed by atoms with Crippen molar-refractivity contribution in [3.63, 3.8) is 0 Å². The first kappa shape index (κ1) is 17.1. The molecule has 0 unspecified atom stereocenters. The van der Waals surface area contributed by atoms with E-state index in [4.69, 9.17) is 0 Å². The van der Waals surface area contributed by atoms with E-state index in [0.29, 0.717) is 9.93 Å². The number of β-lactam (4-membered cyclic amide) rings is 1. The number of carboxylic acid groups (broad SMARTS) is 1. The van der Waals surface area contributed by atoms with Crippen molar-refractivity contribution in [3.8, 4) is 0 Å². The Labute approximate surface area is 154 Å². The first-order chi connectivity index (χ1) is 12.4. The highest BCUT2D eigenvalue weighted by Gasteiger charge is 2.60. The molecule has 2 aliphatic rings. The predicted octanol–water partition coefficient (Wildman–Crippen LogP) is 2.48. The monoisotopic (exact) mass is 370 g/mol. The van der Waals surface area contributed by atoms with E-state index in [0.717, 1.165) is 10.9 Å². The van der Waals surface area contributed by atoms with Crippen molar-refractivity contribution in [3.05, 3.63) is 47.0 Å². The van der Waals surface area contributed by atoms with Crippen molar-refractivity contribution in [1.82, 2.24) is 9.88 Å². The van der Waals surface area contributed by atoms with E-state index in [1.54, 1.807) is 6.92 Å². The molecule has 0 spiro atoms. The highest BCUT2D eigenvalue weighted by Crippen LogP contribution is 2.51. The molecule has 0 aliphatic carbocycles. The normalized spacial score (nSPS) is 26.0. The average molecular weight is 370 g/mol. The van der Waals surface area contributed by atoms with Gasteiger partial charge in [0.05, 0.1) is 23.6 Å². The van der Waals surface area contributed by atoms with Gasteiger partial charge in [0.25, 0.3) is 0 Å². The number of fused-ring (bicyclic) bond motifs is 2. The SMILES string of the molecule is C[C@@H](O)[C@H]1C(=O)N2C(C(=O)O)=C(Sc3ccc4ccccc4n3)[C@H](C)[C@H]12. The third kappa shape index (κ3) is 2.42. The molecule has 3 heterocycles. The molecule has 7 heteroatoms. The second-order valence-corrected chi connectivity index (χ2v) is 7.78. The van der Waals surface area contributed by atoms with E-state index in [-0.39, 0.29) is 23.6 Å². The number of aliphatic hydroxyl groups is 1. The second kappa shape index (κ2) is 6.10. The Balaban J connectivity index is 1.72. The zero-order valence-electron chi connectivity index (χ0n) is 14.3. The lowest BCUT2D eigenvalue weighted by atomic mass is 9.79. The minimum absolute atomic E-state index is 0.0179. The van der Waals surface area contributed by atoms with Crippen LogP contribution in [0.2, 0.25) is 0 Å². The summed E-state index contributed by atoms with van der Waals surface area (Å²) in [5.41, 5.74) is 0.853. The van der Waals surface area contributed by atoms with E-state index in [1.165, 1.54) is 16.7 Å². The first-order valence-corrected chi connectivity index (χ1v) is 9.24. The summed E-state index contributed by atoms with van der Waals surface area (Å²) in [5.74, 6) is -2.17. The van der Waals surface area contributed by atoms with Crippen molar-refractivity contribution >= 4 is 34.5 Å². The van der Waals surface area contributed by atoms with E-state index in [2.05, 4.69) is 4.98 Å². The molecule has 1 fully saturated rings. The minimum Gasteiger partial charge on any atom is -0.477 e. The summed E-state index contributed by atoms with van der Waals surface area (Å²) in [7, 11) is 0.